The molecule has 27 heavy (non-hydrogen) atoms. The van der Waals surface area contributed by atoms with Crippen LogP contribution in [0.4, 0.5) is 5.69 Å². The Bertz CT molecular complexity index is 873. The molecule has 1 amide bonds. The molecule has 0 aliphatic heterocycles. The fraction of sp³-hybridized carbons (Fsp3) is 0.125. The number of aryl methyl sites for hydroxylation is 1. The van der Waals surface area contributed by atoms with E-state index >= 15 is 0 Å². The van der Waals surface area contributed by atoms with Crippen molar-refractivity contribution >= 4 is 17.7 Å². The number of hydrogen-bond acceptors (Lipinski definition) is 2. The molecule has 3 heteroatoms. The van der Waals surface area contributed by atoms with Gasteiger partial charge in [-0.15, -0.1) is 0 Å². The van der Waals surface area contributed by atoms with Gasteiger partial charge in [0, 0.05) is 17.8 Å². The summed E-state index contributed by atoms with van der Waals surface area (Å²) in [5.41, 5.74) is 3.02. The van der Waals surface area contributed by atoms with E-state index in [1.165, 1.54) is 11.6 Å². The highest BCUT2D eigenvalue weighted by Gasteiger charge is 2.01. The van der Waals surface area contributed by atoms with E-state index in [0.29, 0.717) is 6.61 Å². The number of ether oxygens (including phenoxy) is 1. The third kappa shape index (κ3) is 6.48. The van der Waals surface area contributed by atoms with E-state index in [1.807, 2.05) is 60.7 Å². The minimum Gasteiger partial charge on any atom is -0.494 e. The van der Waals surface area contributed by atoms with Gasteiger partial charge in [0.2, 0.25) is 5.91 Å². The monoisotopic (exact) mass is 357 g/mol. The van der Waals surface area contributed by atoms with Crippen molar-refractivity contribution in [2.75, 3.05) is 11.9 Å². The second kappa shape index (κ2) is 9.97. The molecule has 0 aliphatic rings. The van der Waals surface area contributed by atoms with Crippen molar-refractivity contribution in [3.8, 4) is 5.75 Å². The summed E-state index contributed by atoms with van der Waals surface area (Å²) in [5.74, 6) is 0.591. The lowest BCUT2D eigenvalue weighted by molar-refractivity contribution is -0.111. The number of benzene rings is 3. The molecule has 0 atom stereocenters. The smallest absolute Gasteiger partial charge is 0.248 e. The summed E-state index contributed by atoms with van der Waals surface area (Å²) in [5, 5.41) is 2.86. The van der Waals surface area contributed by atoms with Gasteiger partial charge in [0.15, 0.2) is 0 Å². The normalized spacial score (nSPS) is 10.7. The molecule has 0 bridgehead atoms. The Hall–Kier alpha value is -3.33. The number of amides is 1. The van der Waals surface area contributed by atoms with Gasteiger partial charge in [-0.1, -0.05) is 66.7 Å². The van der Waals surface area contributed by atoms with E-state index in [1.54, 1.807) is 6.08 Å². The second-order valence-electron chi connectivity index (χ2n) is 6.20. The van der Waals surface area contributed by atoms with Crippen molar-refractivity contribution < 1.29 is 9.53 Å². The predicted octanol–water partition coefficient (Wildman–Crippen LogP) is 5.35. The standard InChI is InChI=1S/C24H23NO2/c26-24(17-16-21-11-5-2-6-12-21)25-22-14-7-15-23(19-22)27-18-8-13-20-9-3-1-4-10-20/h1-7,9-12,14-17,19H,8,13,18H2,(H,25,26)/b17-16+. The zero-order valence-electron chi connectivity index (χ0n) is 15.2. The molecule has 0 radical (unpaired) electrons. The third-order valence-electron chi connectivity index (χ3n) is 4.05. The van der Waals surface area contributed by atoms with Crippen LogP contribution in [0.2, 0.25) is 0 Å². The van der Waals surface area contributed by atoms with Gasteiger partial charge in [-0.25, -0.2) is 0 Å². The molecule has 0 spiro atoms. The Morgan fingerprint density at radius 2 is 1.63 bits per heavy atom. The van der Waals surface area contributed by atoms with Gasteiger partial charge in [0.05, 0.1) is 6.61 Å². The summed E-state index contributed by atoms with van der Waals surface area (Å²) in [7, 11) is 0. The molecule has 3 aromatic carbocycles. The van der Waals surface area contributed by atoms with Crippen LogP contribution in [0.25, 0.3) is 6.08 Å². The third-order valence-corrected chi connectivity index (χ3v) is 4.05. The second-order valence-corrected chi connectivity index (χ2v) is 6.20. The first-order chi connectivity index (χ1) is 13.3. The summed E-state index contributed by atoms with van der Waals surface area (Å²) < 4.78 is 5.81. The fourth-order valence-corrected chi connectivity index (χ4v) is 2.69. The highest BCUT2D eigenvalue weighted by atomic mass is 16.5. The minimum atomic E-state index is -0.167. The van der Waals surface area contributed by atoms with Gasteiger partial charge >= 0.3 is 0 Å². The SMILES string of the molecule is O=C(/C=C/c1ccccc1)Nc1cccc(OCCCc2ccccc2)c1. The van der Waals surface area contributed by atoms with E-state index < -0.39 is 0 Å². The number of nitrogens with one attached hydrogen (secondary N) is 1. The van der Waals surface area contributed by atoms with Crippen molar-refractivity contribution in [1.29, 1.82) is 0 Å². The Morgan fingerprint density at radius 1 is 0.889 bits per heavy atom. The maximum atomic E-state index is 12.1. The van der Waals surface area contributed by atoms with Gasteiger partial charge in [-0.2, -0.15) is 0 Å². The van der Waals surface area contributed by atoms with Crippen LogP contribution in [0.5, 0.6) is 5.75 Å². The van der Waals surface area contributed by atoms with Gasteiger partial charge in [-0.3, -0.25) is 4.79 Å². The molecule has 3 nitrogen and oxygen atoms in total. The van der Waals surface area contributed by atoms with Crippen LogP contribution >= 0.6 is 0 Å². The van der Waals surface area contributed by atoms with Crippen LogP contribution in [-0.4, -0.2) is 12.5 Å². The van der Waals surface area contributed by atoms with Crippen LogP contribution in [0.3, 0.4) is 0 Å². The van der Waals surface area contributed by atoms with E-state index in [9.17, 15) is 4.79 Å². The molecule has 0 fully saturated rings. The highest BCUT2D eigenvalue weighted by Crippen LogP contribution is 2.18. The zero-order valence-corrected chi connectivity index (χ0v) is 15.2. The van der Waals surface area contributed by atoms with E-state index in [4.69, 9.17) is 4.74 Å². The largest absolute Gasteiger partial charge is 0.494 e. The van der Waals surface area contributed by atoms with Crippen LogP contribution < -0.4 is 10.1 Å². The molecule has 0 saturated heterocycles. The predicted molar refractivity (Wildman–Crippen MR) is 111 cm³/mol. The Morgan fingerprint density at radius 3 is 2.41 bits per heavy atom. The van der Waals surface area contributed by atoms with Crippen molar-refractivity contribution in [3.63, 3.8) is 0 Å². The van der Waals surface area contributed by atoms with Crippen LogP contribution in [-0.2, 0) is 11.2 Å². The lowest BCUT2D eigenvalue weighted by Gasteiger charge is -2.08. The maximum Gasteiger partial charge on any atom is 0.248 e. The zero-order chi connectivity index (χ0) is 18.7. The Balaban J connectivity index is 1.46. The van der Waals surface area contributed by atoms with Crippen LogP contribution in [0.1, 0.15) is 17.5 Å². The lowest BCUT2D eigenvalue weighted by atomic mass is 10.1. The molecule has 0 unspecified atom stereocenters. The molecular weight excluding hydrogens is 334 g/mol. The summed E-state index contributed by atoms with van der Waals surface area (Å²) in [6.45, 7) is 0.639. The van der Waals surface area contributed by atoms with Crippen LogP contribution in [0, 0.1) is 0 Å². The minimum absolute atomic E-state index is 0.167. The topological polar surface area (TPSA) is 38.3 Å². The van der Waals surface area contributed by atoms with E-state index in [-0.39, 0.29) is 5.91 Å². The van der Waals surface area contributed by atoms with Crippen molar-refractivity contribution in [1.82, 2.24) is 0 Å². The number of carbonyl (C=O) groups excluding carboxylic acids is 1. The van der Waals surface area contributed by atoms with Gasteiger partial charge < -0.3 is 10.1 Å². The molecule has 0 saturated carbocycles. The molecule has 1 N–H and O–H groups in total. The quantitative estimate of drug-likeness (QED) is 0.436. The van der Waals surface area contributed by atoms with Crippen molar-refractivity contribution in [2.45, 2.75) is 12.8 Å². The van der Waals surface area contributed by atoms with Gasteiger partial charge in [-0.05, 0) is 42.2 Å². The maximum absolute atomic E-state index is 12.1. The van der Waals surface area contributed by atoms with Crippen LogP contribution in [0.15, 0.2) is 91.0 Å². The molecular formula is C24H23NO2. The molecule has 136 valence electrons. The lowest BCUT2D eigenvalue weighted by Crippen LogP contribution is -2.08. The molecule has 3 rings (SSSR count). The molecule has 0 aliphatic carbocycles. The first-order valence-corrected chi connectivity index (χ1v) is 9.10. The first kappa shape index (κ1) is 18.5. The fourth-order valence-electron chi connectivity index (χ4n) is 2.69. The van der Waals surface area contributed by atoms with Crippen molar-refractivity contribution in [3.05, 3.63) is 102 Å². The highest BCUT2D eigenvalue weighted by molar-refractivity contribution is 6.02. The summed E-state index contributed by atoms with van der Waals surface area (Å²) in [4.78, 5) is 12.1. The summed E-state index contributed by atoms with van der Waals surface area (Å²) >= 11 is 0. The molecule has 0 heterocycles. The Kier molecular flexibility index (Phi) is 6.82. The van der Waals surface area contributed by atoms with Gasteiger partial charge in [0.1, 0.15) is 5.75 Å². The number of anilines is 1. The summed E-state index contributed by atoms with van der Waals surface area (Å²) in [6.07, 6.45) is 5.25. The number of hydrogen-bond donors (Lipinski definition) is 1. The average Bonchev–Trinajstić information content (AvgIpc) is 2.72. The first-order valence-electron chi connectivity index (χ1n) is 9.10. The van der Waals surface area contributed by atoms with Crippen molar-refractivity contribution in [2.24, 2.45) is 0 Å². The average molecular weight is 357 g/mol. The summed E-state index contributed by atoms with van der Waals surface area (Å²) in [6, 6.07) is 27.6. The molecule has 3 aromatic rings. The number of carbonyl (C=O) groups is 1. The van der Waals surface area contributed by atoms with E-state index in [0.717, 1.165) is 29.8 Å². The Labute approximate surface area is 160 Å². The number of rotatable bonds is 8. The van der Waals surface area contributed by atoms with E-state index in [2.05, 4.69) is 29.6 Å². The van der Waals surface area contributed by atoms with Gasteiger partial charge in [0.25, 0.3) is 0 Å². The molecule has 0 aromatic heterocycles.